The molecule has 1 saturated heterocycles. The van der Waals surface area contributed by atoms with Crippen molar-refractivity contribution >= 4 is 23.9 Å². The number of nitrogens with zero attached hydrogens (tertiary/aromatic N) is 4. The number of anilines is 2. The van der Waals surface area contributed by atoms with Crippen molar-refractivity contribution in [2.45, 2.75) is 98.8 Å². The number of amides is 2. The number of aromatic nitrogens is 2. The second kappa shape index (κ2) is 12.9. The highest BCUT2D eigenvalue weighted by molar-refractivity contribution is 5.69. The van der Waals surface area contributed by atoms with Crippen molar-refractivity contribution in [3.8, 4) is 0 Å². The Morgan fingerprint density at radius 2 is 1.88 bits per heavy atom. The molecule has 0 aliphatic carbocycles. The maximum atomic E-state index is 12.4. The molecule has 2 heterocycles. The molecule has 40 heavy (non-hydrogen) atoms. The minimum absolute atomic E-state index is 0.0377. The van der Waals surface area contributed by atoms with Crippen molar-refractivity contribution < 1.29 is 28.6 Å². The summed E-state index contributed by atoms with van der Waals surface area (Å²) >= 11 is 0. The van der Waals surface area contributed by atoms with Crippen molar-refractivity contribution in [2.24, 2.45) is 0 Å². The zero-order valence-corrected chi connectivity index (χ0v) is 25.1. The highest BCUT2D eigenvalue weighted by atomic mass is 16.6. The molecule has 1 aromatic carbocycles. The van der Waals surface area contributed by atoms with Crippen LogP contribution in [0, 0.1) is 13.8 Å². The maximum Gasteiger partial charge on any atom is 0.410 e. The first kappa shape index (κ1) is 31.2. The van der Waals surface area contributed by atoms with E-state index in [1.165, 1.54) is 6.92 Å². The fourth-order valence-corrected chi connectivity index (χ4v) is 4.54. The number of ether oxygens (including phenoxy) is 2. The van der Waals surface area contributed by atoms with Crippen LogP contribution >= 0.6 is 0 Å². The van der Waals surface area contributed by atoms with Gasteiger partial charge in [0.25, 0.3) is 0 Å². The quantitative estimate of drug-likeness (QED) is 0.424. The summed E-state index contributed by atoms with van der Waals surface area (Å²) < 4.78 is 16.5. The van der Waals surface area contributed by atoms with Gasteiger partial charge in [0, 0.05) is 37.9 Å². The van der Waals surface area contributed by atoms with Gasteiger partial charge >= 0.3 is 18.2 Å². The van der Waals surface area contributed by atoms with Gasteiger partial charge < -0.3 is 34.5 Å². The van der Waals surface area contributed by atoms with Gasteiger partial charge in [0.2, 0.25) is 5.89 Å². The molecule has 222 valence electrons. The lowest BCUT2D eigenvalue weighted by Gasteiger charge is -2.39. The van der Waals surface area contributed by atoms with Gasteiger partial charge in [0.1, 0.15) is 11.6 Å². The topological polar surface area (TPSA) is 142 Å². The second-order valence-corrected chi connectivity index (χ2v) is 11.7. The number of alkyl carbamates (subject to hydrolysis) is 1. The van der Waals surface area contributed by atoms with Gasteiger partial charge in [-0.05, 0) is 85.1 Å². The van der Waals surface area contributed by atoms with Crippen LogP contribution in [0.2, 0.25) is 0 Å². The van der Waals surface area contributed by atoms with Crippen LogP contribution in [0.15, 0.2) is 16.5 Å². The number of nitrogens with one attached hydrogen (secondary N) is 2. The molecular weight excluding hydrogens is 516 g/mol. The lowest BCUT2D eigenvalue weighted by molar-refractivity contribution is 0.0348. The van der Waals surface area contributed by atoms with E-state index in [4.69, 9.17) is 13.9 Å². The third-order valence-corrected chi connectivity index (χ3v) is 6.44. The fourth-order valence-electron chi connectivity index (χ4n) is 4.54. The summed E-state index contributed by atoms with van der Waals surface area (Å²) in [6.07, 6.45) is -2.11. The summed E-state index contributed by atoms with van der Waals surface area (Å²) in [7, 11) is 0. The summed E-state index contributed by atoms with van der Waals surface area (Å²) in [6.45, 7) is 19.4. The zero-order chi connectivity index (χ0) is 29.8. The normalized spacial score (nSPS) is 17.9. The van der Waals surface area contributed by atoms with Crippen LogP contribution in [0.1, 0.15) is 77.1 Å². The molecule has 0 radical (unpaired) electrons. The van der Waals surface area contributed by atoms with E-state index >= 15 is 0 Å². The van der Waals surface area contributed by atoms with E-state index in [-0.39, 0.29) is 30.1 Å². The molecule has 1 aromatic heterocycles. The van der Waals surface area contributed by atoms with Gasteiger partial charge in [-0.1, -0.05) is 11.2 Å². The maximum absolute atomic E-state index is 12.4. The standard InChI is InChI=1S/C28H44N6O6/c1-16(2)38-27(37)34-11-10-33(14-18(34)4)15-21-12-17(3)13-22(19(21)5)29-25-32-31-24(39-25)23(20(6)35)30-26(36)40-28(7,8)9/h12-13,16,18,20,23,35H,10-11,14-15H2,1-9H3,(H,29,32)(H,30,36)/t18-,20+,23-/m0/s1. The molecular formula is C28H44N6O6. The van der Waals surface area contributed by atoms with Gasteiger partial charge in [0.05, 0.1) is 12.2 Å². The number of carbonyl (C=O) groups excluding carboxylic acids is 2. The third-order valence-electron chi connectivity index (χ3n) is 6.44. The molecule has 3 rings (SSSR count). The van der Waals surface area contributed by atoms with Crippen LogP contribution < -0.4 is 10.6 Å². The first-order valence-corrected chi connectivity index (χ1v) is 13.7. The van der Waals surface area contributed by atoms with Crippen molar-refractivity contribution in [3.05, 3.63) is 34.7 Å². The molecule has 3 atom stereocenters. The average Bonchev–Trinajstić information content (AvgIpc) is 3.26. The largest absolute Gasteiger partial charge is 0.447 e. The molecule has 12 heteroatoms. The number of aliphatic hydroxyl groups excluding tert-OH is 1. The van der Waals surface area contributed by atoms with Crippen LogP contribution in [-0.2, 0) is 16.0 Å². The summed E-state index contributed by atoms with van der Waals surface area (Å²) in [4.78, 5) is 28.8. The Kier molecular flexibility index (Phi) is 10.0. The Hall–Kier alpha value is -3.38. The second-order valence-electron chi connectivity index (χ2n) is 11.7. The summed E-state index contributed by atoms with van der Waals surface area (Å²) in [6, 6.07) is 3.38. The van der Waals surface area contributed by atoms with Crippen LogP contribution in [-0.4, -0.2) is 80.8 Å². The average molecular weight is 561 g/mol. The number of carbonyl (C=O) groups is 2. The van der Waals surface area contributed by atoms with Crippen molar-refractivity contribution in [3.63, 3.8) is 0 Å². The number of hydrogen-bond acceptors (Lipinski definition) is 10. The number of piperazine rings is 1. The van der Waals surface area contributed by atoms with Gasteiger partial charge in [-0.15, -0.1) is 5.10 Å². The highest BCUT2D eigenvalue weighted by Gasteiger charge is 2.30. The molecule has 3 N–H and O–H groups in total. The van der Waals surface area contributed by atoms with Gasteiger partial charge in [-0.3, -0.25) is 4.90 Å². The molecule has 1 aliphatic rings. The van der Waals surface area contributed by atoms with Crippen molar-refractivity contribution in [1.82, 2.24) is 25.3 Å². The summed E-state index contributed by atoms with van der Waals surface area (Å²) in [5.41, 5.74) is 3.34. The van der Waals surface area contributed by atoms with Gasteiger partial charge in [-0.2, -0.15) is 0 Å². The van der Waals surface area contributed by atoms with Crippen LogP contribution in [0.5, 0.6) is 0 Å². The van der Waals surface area contributed by atoms with E-state index in [9.17, 15) is 14.7 Å². The first-order chi connectivity index (χ1) is 18.6. The third kappa shape index (κ3) is 8.56. The van der Waals surface area contributed by atoms with E-state index in [0.717, 1.165) is 42.0 Å². The summed E-state index contributed by atoms with van der Waals surface area (Å²) in [5.74, 6) is 0.0525. The molecule has 0 saturated carbocycles. The monoisotopic (exact) mass is 560 g/mol. The predicted molar refractivity (Wildman–Crippen MR) is 150 cm³/mol. The van der Waals surface area contributed by atoms with E-state index in [2.05, 4.69) is 31.8 Å². The Morgan fingerprint density at radius 3 is 2.48 bits per heavy atom. The van der Waals surface area contributed by atoms with Crippen LogP contribution in [0.25, 0.3) is 0 Å². The van der Waals surface area contributed by atoms with E-state index < -0.39 is 23.8 Å². The van der Waals surface area contributed by atoms with Crippen molar-refractivity contribution in [2.75, 3.05) is 25.0 Å². The van der Waals surface area contributed by atoms with Crippen LogP contribution in [0.4, 0.5) is 21.3 Å². The Balaban J connectivity index is 1.70. The lowest BCUT2D eigenvalue weighted by Crippen LogP contribution is -2.54. The minimum Gasteiger partial charge on any atom is -0.447 e. The van der Waals surface area contributed by atoms with Gasteiger partial charge in [-0.25, -0.2) is 9.59 Å². The van der Waals surface area contributed by atoms with Crippen molar-refractivity contribution in [1.29, 1.82) is 0 Å². The first-order valence-electron chi connectivity index (χ1n) is 13.7. The van der Waals surface area contributed by atoms with E-state index in [1.54, 1.807) is 25.7 Å². The summed E-state index contributed by atoms with van der Waals surface area (Å²) in [5, 5.41) is 24.1. The Labute approximate surface area is 236 Å². The molecule has 2 aromatic rings. The Morgan fingerprint density at radius 1 is 1.18 bits per heavy atom. The van der Waals surface area contributed by atoms with E-state index in [0.29, 0.717) is 6.54 Å². The smallest absolute Gasteiger partial charge is 0.410 e. The zero-order valence-electron chi connectivity index (χ0n) is 25.1. The highest BCUT2D eigenvalue weighted by Crippen LogP contribution is 2.28. The molecule has 1 aliphatic heterocycles. The number of aryl methyl sites for hydroxylation is 1. The number of benzene rings is 1. The minimum atomic E-state index is -0.997. The predicted octanol–water partition coefficient (Wildman–Crippen LogP) is 4.43. The SMILES string of the molecule is Cc1cc(CN2CCN(C(=O)OC(C)C)[C@@H](C)C2)c(C)c(Nc2nnc([C@@H](NC(=O)OC(C)(C)C)[C@@H](C)O)o2)c1. The molecule has 0 unspecified atom stereocenters. The molecule has 1 fully saturated rings. The van der Waals surface area contributed by atoms with E-state index in [1.807, 2.05) is 40.7 Å². The van der Waals surface area contributed by atoms with Gasteiger partial charge in [0.15, 0.2) is 0 Å². The number of rotatable bonds is 8. The molecule has 2 amide bonds. The molecule has 12 nitrogen and oxygen atoms in total. The number of aliphatic hydroxyl groups is 1. The fraction of sp³-hybridized carbons (Fsp3) is 0.643. The number of hydrogen-bond donors (Lipinski definition) is 3. The Bertz CT molecular complexity index is 1170. The van der Waals surface area contributed by atoms with Crippen LogP contribution in [0.3, 0.4) is 0 Å². The molecule has 0 spiro atoms. The lowest BCUT2D eigenvalue weighted by atomic mass is 10.0. The molecule has 0 bridgehead atoms.